The fourth-order valence-electron chi connectivity index (χ4n) is 1.98. The molecule has 1 fully saturated rings. The van der Waals surface area contributed by atoms with E-state index in [0.29, 0.717) is 6.54 Å². The van der Waals surface area contributed by atoms with Crippen LogP contribution in [0.4, 0.5) is 0 Å². The Morgan fingerprint density at radius 1 is 1.39 bits per heavy atom. The largest absolute Gasteiger partial charge is 0.496 e. The number of methoxy groups -OCH3 is 1. The normalized spacial score (nSPS) is 15.1. The number of rotatable bonds is 4. The summed E-state index contributed by atoms with van der Waals surface area (Å²) >= 11 is 0. The second kappa shape index (κ2) is 5.40. The predicted octanol–water partition coefficient (Wildman–Crippen LogP) is 1.15. The summed E-state index contributed by atoms with van der Waals surface area (Å²) in [6.07, 6.45) is 0. The van der Waals surface area contributed by atoms with Gasteiger partial charge in [-0.3, -0.25) is 4.79 Å². The van der Waals surface area contributed by atoms with Crippen LogP contribution < -0.4 is 15.4 Å². The van der Waals surface area contributed by atoms with Crippen molar-refractivity contribution >= 4 is 5.91 Å². The highest BCUT2D eigenvalue weighted by molar-refractivity contribution is 5.80. The first-order valence-corrected chi connectivity index (χ1v) is 6.24. The number of carbonyl (C=O) groups is 1. The van der Waals surface area contributed by atoms with Crippen LogP contribution in [-0.2, 0) is 11.3 Å². The Bertz CT molecular complexity index is 453. The van der Waals surface area contributed by atoms with Crippen LogP contribution in [0.25, 0.3) is 0 Å². The molecule has 98 valence electrons. The van der Waals surface area contributed by atoms with Gasteiger partial charge in [-0.2, -0.15) is 0 Å². The van der Waals surface area contributed by atoms with Gasteiger partial charge >= 0.3 is 0 Å². The maximum absolute atomic E-state index is 11.8. The number of hydrogen-bond acceptors (Lipinski definition) is 3. The van der Waals surface area contributed by atoms with E-state index in [1.54, 1.807) is 7.11 Å². The molecule has 1 aromatic rings. The molecule has 1 aliphatic rings. The minimum Gasteiger partial charge on any atom is -0.496 e. The molecule has 2 N–H and O–H groups in total. The van der Waals surface area contributed by atoms with Crippen molar-refractivity contribution in [3.63, 3.8) is 0 Å². The molecule has 18 heavy (non-hydrogen) atoms. The first kappa shape index (κ1) is 12.9. The maximum atomic E-state index is 11.8. The zero-order valence-corrected chi connectivity index (χ0v) is 11.2. The molecule has 0 unspecified atom stereocenters. The molecule has 1 saturated heterocycles. The van der Waals surface area contributed by atoms with E-state index in [2.05, 4.69) is 30.5 Å². The topological polar surface area (TPSA) is 50.4 Å². The molecular formula is C14H20N2O2. The predicted molar refractivity (Wildman–Crippen MR) is 70.7 cm³/mol. The lowest BCUT2D eigenvalue weighted by Gasteiger charge is -2.26. The highest BCUT2D eigenvalue weighted by Crippen LogP contribution is 2.23. The van der Waals surface area contributed by atoms with Crippen LogP contribution >= 0.6 is 0 Å². The number of amides is 1. The SMILES string of the molecule is COc1cc(C)c(C)cc1CNC(=O)C1CNC1. The van der Waals surface area contributed by atoms with Crippen molar-refractivity contribution in [1.82, 2.24) is 10.6 Å². The number of benzene rings is 1. The Morgan fingerprint density at radius 2 is 2.06 bits per heavy atom. The van der Waals surface area contributed by atoms with Crippen molar-refractivity contribution in [2.45, 2.75) is 20.4 Å². The van der Waals surface area contributed by atoms with Crippen LogP contribution in [-0.4, -0.2) is 26.1 Å². The Hall–Kier alpha value is -1.55. The summed E-state index contributed by atoms with van der Waals surface area (Å²) in [6, 6.07) is 4.09. The van der Waals surface area contributed by atoms with E-state index in [0.717, 1.165) is 24.4 Å². The third-order valence-electron chi connectivity index (χ3n) is 3.50. The molecule has 0 bridgehead atoms. The van der Waals surface area contributed by atoms with Gasteiger partial charge in [-0.25, -0.2) is 0 Å². The standard InChI is InChI=1S/C14H20N2O2/c1-9-4-11(13(18-3)5-10(9)2)8-16-14(17)12-6-15-7-12/h4-5,12,15H,6-8H2,1-3H3,(H,16,17). The van der Waals surface area contributed by atoms with Gasteiger partial charge in [-0.05, 0) is 31.0 Å². The molecule has 1 amide bonds. The maximum Gasteiger partial charge on any atom is 0.225 e. The van der Waals surface area contributed by atoms with Gasteiger partial charge in [0.05, 0.1) is 13.0 Å². The van der Waals surface area contributed by atoms with Crippen molar-refractivity contribution in [1.29, 1.82) is 0 Å². The van der Waals surface area contributed by atoms with Crippen LogP contribution in [0.2, 0.25) is 0 Å². The van der Waals surface area contributed by atoms with E-state index in [4.69, 9.17) is 4.74 Å². The molecule has 0 aliphatic carbocycles. The molecule has 1 aliphatic heterocycles. The number of hydrogen-bond donors (Lipinski definition) is 2. The van der Waals surface area contributed by atoms with E-state index in [1.165, 1.54) is 11.1 Å². The van der Waals surface area contributed by atoms with E-state index in [-0.39, 0.29) is 11.8 Å². The van der Waals surface area contributed by atoms with Crippen LogP contribution in [0.1, 0.15) is 16.7 Å². The average Bonchev–Trinajstić information content (AvgIpc) is 2.27. The van der Waals surface area contributed by atoms with Crippen LogP contribution in [0.3, 0.4) is 0 Å². The molecule has 4 nitrogen and oxygen atoms in total. The van der Waals surface area contributed by atoms with Crippen LogP contribution in [0, 0.1) is 19.8 Å². The minimum atomic E-state index is 0.119. The lowest BCUT2D eigenvalue weighted by atomic mass is 10.0. The molecule has 0 saturated carbocycles. The van der Waals surface area contributed by atoms with Crippen molar-refractivity contribution < 1.29 is 9.53 Å². The summed E-state index contributed by atoms with van der Waals surface area (Å²) in [5, 5.41) is 6.06. The fourth-order valence-corrected chi connectivity index (χ4v) is 1.98. The van der Waals surface area contributed by atoms with Gasteiger partial charge in [0.25, 0.3) is 0 Å². The second-order valence-electron chi connectivity index (χ2n) is 4.82. The van der Waals surface area contributed by atoms with Crippen LogP contribution in [0.5, 0.6) is 5.75 Å². The number of carbonyl (C=O) groups excluding carboxylic acids is 1. The highest BCUT2D eigenvalue weighted by atomic mass is 16.5. The zero-order valence-electron chi connectivity index (χ0n) is 11.2. The molecule has 0 radical (unpaired) electrons. The summed E-state index contributed by atoms with van der Waals surface area (Å²) in [6.45, 7) is 6.22. The van der Waals surface area contributed by atoms with Gasteiger partial charge in [-0.1, -0.05) is 6.07 Å². The Kier molecular flexibility index (Phi) is 3.87. The first-order chi connectivity index (χ1) is 8.61. The summed E-state index contributed by atoms with van der Waals surface area (Å²) < 4.78 is 5.35. The van der Waals surface area contributed by atoms with Crippen molar-refractivity contribution in [3.05, 3.63) is 28.8 Å². The van der Waals surface area contributed by atoms with Gasteiger partial charge in [0.2, 0.25) is 5.91 Å². The van der Waals surface area contributed by atoms with Crippen LogP contribution in [0.15, 0.2) is 12.1 Å². The Labute approximate surface area is 108 Å². The van der Waals surface area contributed by atoms with Gasteiger partial charge in [0, 0.05) is 25.2 Å². The molecule has 0 aromatic heterocycles. The third-order valence-corrected chi connectivity index (χ3v) is 3.50. The highest BCUT2D eigenvalue weighted by Gasteiger charge is 2.24. The van der Waals surface area contributed by atoms with Gasteiger partial charge in [0.15, 0.2) is 0 Å². The summed E-state index contributed by atoms with van der Waals surface area (Å²) in [5.41, 5.74) is 3.44. The van der Waals surface area contributed by atoms with E-state index in [9.17, 15) is 4.79 Å². The van der Waals surface area contributed by atoms with Gasteiger partial charge in [-0.15, -0.1) is 0 Å². The second-order valence-corrected chi connectivity index (χ2v) is 4.82. The van der Waals surface area contributed by atoms with Crippen molar-refractivity contribution in [2.24, 2.45) is 5.92 Å². The zero-order chi connectivity index (χ0) is 13.1. The Balaban J connectivity index is 2.03. The summed E-state index contributed by atoms with van der Waals surface area (Å²) in [5.74, 6) is 1.08. The smallest absolute Gasteiger partial charge is 0.225 e. The first-order valence-electron chi connectivity index (χ1n) is 6.24. The van der Waals surface area contributed by atoms with E-state index in [1.807, 2.05) is 6.07 Å². The molecule has 4 heteroatoms. The minimum absolute atomic E-state index is 0.119. The molecule has 2 rings (SSSR count). The number of ether oxygens (including phenoxy) is 1. The molecular weight excluding hydrogens is 228 g/mol. The summed E-state index contributed by atoms with van der Waals surface area (Å²) in [7, 11) is 1.66. The number of nitrogens with one attached hydrogen (secondary N) is 2. The molecule has 0 atom stereocenters. The van der Waals surface area contributed by atoms with Gasteiger partial charge in [0.1, 0.15) is 5.75 Å². The monoisotopic (exact) mass is 248 g/mol. The third kappa shape index (κ3) is 2.64. The molecule has 1 aromatic carbocycles. The average molecular weight is 248 g/mol. The number of aryl methyl sites for hydroxylation is 2. The molecule has 0 spiro atoms. The summed E-state index contributed by atoms with van der Waals surface area (Å²) in [4.78, 5) is 11.8. The quantitative estimate of drug-likeness (QED) is 0.840. The van der Waals surface area contributed by atoms with Crippen molar-refractivity contribution in [3.8, 4) is 5.75 Å². The lowest BCUT2D eigenvalue weighted by molar-refractivity contribution is -0.126. The fraction of sp³-hybridized carbons (Fsp3) is 0.500. The van der Waals surface area contributed by atoms with E-state index < -0.39 is 0 Å². The van der Waals surface area contributed by atoms with Gasteiger partial charge < -0.3 is 15.4 Å². The van der Waals surface area contributed by atoms with Crippen molar-refractivity contribution in [2.75, 3.05) is 20.2 Å². The molecule has 1 heterocycles. The van der Waals surface area contributed by atoms with E-state index >= 15 is 0 Å². The lowest BCUT2D eigenvalue weighted by Crippen LogP contribution is -2.50. The Morgan fingerprint density at radius 3 is 2.61 bits per heavy atom.